The fourth-order valence-electron chi connectivity index (χ4n) is 7.34. The molecule has 4 aliphatic rings. The quantitative estimate of drug-likeness (QED) is 0.275. The highest BCUT2D eigenvalue weighted by molar-refractivity contribution is 7.80. The van der Waals surface area contributed by atoms with Crippen LogP contribution >= 0.6 is 12.2 Å². The van der Waals surface area contributed by atoms with Gasteiger partial charge in [0, 0.05) is 5.39 Å². The molecule has 9 heteroatoms. The van der Waals surface area contributed by atoms with Crippen LogP contribution in [0.5, 0.6) is 0 Å². The normalized spacial score (nSPS) is 26.2. The van der Waals surface area contributed by atoms with Crippen LogP contribution in [0.2, 0.25) is 0 Å². The smallest absolute Gasteiger partial charge is 0.331 e. The number of nitrogens with zero attached hydrogens (tertiary/aromatic N) is 1. The average Bonchev–Trinajstić information content (AvgIpc) is 2.85. The number of carbonyl (C=O) groups excluding carboxylic acids is 1. The number of thiocarbonyl (C=S) groups is 1. The molecule has 0 aliphatic heterocycles. The topological polar surface area (TPSA) is 66.1 Å². The molecule has 1 amide bonds. The summed E-state index contributed by atoms with van der Waals surface area (Å²) in [5, 5.41) is 3.45. The number of rotatable bonds is 3. The zero-order chi connectivity index (χ0) is 25.8. The second kappa shape index (κ2) is 8.97. The first-order chi connectivity index (χ1) is 17.7. The van der Waals surface area contributed by atoms with Gasteiger partial charge in [0.05, 0.1) is 16.8 Å². The van der Waals surface area contributed by atoms with Crippen LogP contribution in [0.3, 0.4) is 0 Å². The van der Waals surface area contributed by atoms with Gasteiger partial charge in [0.15, 0.2) is 5.11 Å². The second-order valence-corrected chi connectivity index (χ2v) is 11.3. The molecule has 4 bridgehead atoms. The van der Waals surface area contributed by atoms with Crippen LogP contribution in [0.25, 0.3) is 10.9 Å². The highest BCUT2D eigenvalue weighted by Crippen LogP contribution is 2.61. The van der Waals surface area contributed by atoms with E-state index in [4.69, 9.17) is 12.2 Å². The van der Waals surface area contributed by atoms with Crippen LogP contribution in [-0.2, 0) is 11.6 Å². The molecule has 4 saturated carbocycles. The number of halogens is 3. The number of benzene rings is 2. The van der Waals surface area contributed by atoms with Crippen molar-refractivity contribution in [1.82, 2.24) is 15.8 Å². The number of pyridine rings is 1. The van der Waals surface area contributed by atoms with Crippen molar-refractivity contribution in [3.63, 3.8) is 0 Å². The Kier molecular flexibility index (Phi) is 5.86. The SMILES string of the molecule is O=C(NNC(=S)Nc1ccccc1C(F)(F)F)c1cc(C23CC4CC(CC(C4)C2)C3)c2ccccc2n1. The number of anilines is 1. The van der Waals surface area contributed by atoms with E-state index in [0.29, 0.717) is 0 Å². The van der Waals surface area contributed by atoms with Gasteiger partial charge in [0.2, 0.25) is 0 Å². The number of fused-ring (bicyclic) bond motifs is 1. The van der Waals surface area contributed by atoms with Gasteiger partial charge >= 0.3 is 6.18 Å². The predicted molar refractivity (Wildman–Crippen MR) is 140 cm³/mol. The number of aromatic nitrogens is 1. The van der Waals surface area contributed by atoms with Crippen LogP contribution in [0.15, 0.2) is 54.6 Å². The molecule has 5 nitrogen and oxygen atoms in total. The Labute approximate surface area is 218 Å². The lowest BCUT2D eigenvalue weighted by Gasteiger charge is -2.57. The molecule has 0 saturated heterocycles. The molecule has 0 spiro atoms. The molecule has 2 aromatic carbocycles. The number of carbonyl (C=O) groups is 1. The fraction of sp³-hybridized carbons (Fsp3) is 0.393. The first-order valence-electron chi connectivity index (χ1n) is 12.6. The van der Waals surface area contributed by atoms with E-state index >= 15 is 0 Å². The van der Waals surface area contributed by atoms with Crippen LogP contribution in [0.4, 0.5) is 18.9 Å². The van der Waals surface area contributed by atoms with Crippen molar-refractivity contribution in [3.8, 4) is 0 Å². The Hall–Kier alpha value is -3.20. The maximum Gasteiger partial charge on any atom is 0.418 e. The number of para-hydroxylation sites is 2. The van der Waals surface area contributed by atoms with E-state index in [-0.39, 0.29) is 21.9 Å². The molecular formula is C28H27F3N4OS. The van der Waals surface area contributed by atoms with Gasteiger partial charge in [-0.3, -0.25) is 15.6 Å². The van der Waals surface area contributed by atoms with Crippen LogP contribution < -0.4 is 16.2 Å². The molecule has 0 atom stereocenters. The van der Waals surface area contributed by atoms with Crippen molar-refractivity contribution in [1.29, 1.82) is 0 Å². The Morgan fingerprint density at radius 1 is 0.919 bits per heavy atom. The Balaban J connectivity index is 1.23. The monoisotopic (exact) mass is 524 g/mol. The van der Waals surface area contributed by atoms with Gasteiger partial charge in [-0.1, -0.05) is 30.3 Å². The predicted octanol–water partition coefficient (Wildman–Crippen LogP) is 6.35. The van der Waals surface area contributed by atoms with Gasteiger partial charge < -0.3 is 5.32 Å². The van der Waals surface area contributed by atoms with Crippen LogP contribution in [-0.4, -0.2) is 16.0 Å². The van der Waals surface area contributed by atoms with Gasteiger partial charge in [-0.25, -0.2) is 4.98 Å². The van der Waals surface area contributed by atoms with Gasteiger partial charge in [0.25, 0.3) is 5.91 Å². The Morgan fingerprint density at radius 3 is 2.22 bits per heavy atom. The molecule has 3 N–H and O–H groups in total. The summed E-state index contributed by atoms with van der Waals surface area (Å²) in [6.07, 6.45) is 2.88. The highest BCUT2D eigenvalue weighted by atomic mass is 32.1. The summed E-state index contributed by atoms with van der Waals surface area (Å²) in [6, 6.07) is 14.9. The number of hydrazine groups is 1. The lowest BCUT2D eigenvalue weighted by atomic mass is 9.48. The van der Waals surface area contributed by atoms with Crippen molar-refractivity contribution in [2.24, 2.45) is 17.8 Å². The maximum absolute atomic E-state index is 13.3. The lowest BCUT2D eigenvalue weighted by Crippen LogP contribution is -2.49. The number of nitrogens with one attached hydrogen (secondary N) is 3. The third-order valence-electron chi connectivity index (χ3n) is 8.33. The minimum atomic E-state index is -4.54. The van der Waals surface area contributed by atoms with Crippen molar-refractivity contribution in [3.05, 3.63) is 71.4 Å². The molecule has 0 radical (unpaired) electrons. The summed E-state index contributed by atoms with van der Waals surface area (Å²) in [7, 11) is 0. The van der Waals surface area contributed by atoms with E-state index in [2.05, 4.69) is 27.2 Å². The molecule has 4 aliphatic carbocycles. The average molecular weight is 525 g/mol. The summed E-state index contributed by atoms with van der Waals surface area (Å²) in [4.78, 5) is 17.8. The third-order valence-corrected chi connectivity index (χ3v) is 8.53. The third kappa shape index (κ3) is 4.54. The van der Waals surface area contributed by atoms with E-state index in [1.807, 2.05) is 24.3 Å². The van der Waals surface area contributed by atoms with Crippen LogP contribution in [0, 0.1) is 17.8 Å². The molecule has 192 valence electrons. The van der Waals surface area contributed by atoms with Crippen LogP contribution in [0.1, 0.15) is 60.1 Å². The highest BCUT2D eigenvalue weighted by Gasteiger charge is 2.52. The fourth-order valence-corrected chi connectivity index (χ4v) is 7.50. The molecule has 4 fully saturated rings. The summed E-state index contributed by atoms with van der Waals surface area (Å²) in [6.45, 7) is 0. The molecule has 0 unspecified atom stereocenters. The summed E-state index contributed by atoms with van der Waals surface area (Å²) < 4.78 is 39.9. The van der Waals surface area contributed by atoms with Crippen molar-refractivity contribution in [2.45, 2.75) is 50.1 Å². The largest absolute Gasteiger partial charge is 0.418 e. The number of amides is 1. The first kappa shape index (κ1) is 24.2. The summed E-state index contributed by atoms with van der Waals surface area (Å²) >= 11 is 5.14. The van der Waals surface area contributed by atoms with Crippen molar-refractivity contribution < 1.29 is 18.0 Å². The molecular weight excluding hydrogens is 497 g/mol. The first-order valence-corrected chi connectivity index (χ1v) is 13.0. The standard InChI is InChI=1S/C28H27F3N4OS/c29-28(30,31)20-6-2-4-8-23(20)33-26(37)35-34-25(36)24-12-21(19-5-1-3-7-22(19)32-24)27-13-16-9-17(14-27)11-18(10-16)15-27/h1-8,12,16-18H,9-11,13-15H2,(H,34,36)(H2,33,35,37). The number of hydrogen-bond acceptors (Lipinski definition) is 3. The second-order valence-electron chi connectivity index (χ2n) is 10.8. The summed E-state index contributed by atoms with van der Waals surface area (Å²) in [5.74, 6) is 1.76. The minimum Gasteiger partial charge on any atom is -0.331 e. The van der Waals surface area contributed by atoms with E-state index in [0.717, 1.165) is 54.0 Å². The van der Waals surface area contributed by atoms with Crippen molar-refractivity contribution >= 4 is 39.8 Å². The lowest BCUT2D eigenvalue weighted by molar-refractivity contribution is -0.136. The van der Waals surface area contributed by atoms with Gasteiger partial charge in [0.1, 0.15) is 5.69 Å². The number of hydrogen-bond donors (Lipinski definition) is 3. The van der Waals surface area contributed by atoms with Gasteiger partial charge in [-0.05, 0) is 104 Å². The minimum absolute atomic E-state index is 0.0674. The zero-order valence-corrected chi connectivity index (χ0v) is 20.9. The molecule has 1 heterocycles. The van der Waals surface area contributed by atoms with E-state index in [1.165, 1.54) is 43.0 Å². The molecule has 37 heavy (non-hydrogen) atoms. The molecule has 7 rings (SSSR count). The summed E-state index contributed by atoms with van der Waals surface area (Å²) in [5.41, 5.74) is 6.27. The van der Waals surface area contributed by atoms with E-state index in [1.54, 1.807) is 0 Å². The Morgan fingerprint density at radius 2 is 1.54 bits per heavy atom. The van der Waals surface area contributed by atoms with E-state index in [9.17, 15) is 18.0 Å². The number of alkyl halides is 3. The van der Waals surface area contributed by atoms with Crippen molar-refractivity contribution in [2.75, 3.05) is 5.32 Å². The molecule has 1 aromatic heterocycles. The van der Waals surface area contributed by atoms with Gasteiger partial charge in [-0.15, -0.1) is 0 Å². The Bertz CT molecular complexity index is 1350. The van der Waals surface area contributed by atoms with Gasteiger partial charge in [-0.2, -0.15) is 13.2 Å². The van der Waals surface area contributed by atoms with E-state index < -0.39 is 17.6 Å². The zero-order valence-electron chi connectivity index (χ0n) is 20.1. The maximum atomic E-state index is 13.3. The molecule has 3 aromatic rings.